The van der Waals surface area contributed by atoms with E-state index in [4.69, 9.17) is 4.74 Å². The minimum Gasteiger partial charge on any atom is -0.378 e. The summed E-state index contributed by atoms with van der Waals surface area (Å²) in [5.74, 6) is 0.565. The summed E-state index contributed by atoms with van der Waals surface area (Å²) in [7, 11) is 0. The van der Waals surface area contributed by atoms with Gasteiger partial charge in [-0.3, -0.25) is 4.79 Å². The Kier molecular flexibility index (Phi) is 3.92. The van der Waals surface area contributed by atoms with Gasteiger partial charge in [0.2, 0.25) is 5.91 Å². The van der Waals surface area contributed by atoms with Gasteiger partial charge >= 0.3 is 0 Å². The first-order valence-corrected chi connectivity index (χ1v) is 7.51. The number of fused-ring (bicyclic) bond motifs is 1. The largest absolute Gasteiger partial charge is 0.378 e. The number of carbonyl (C=O) groups excluding carboxylic acids is 1. The van der Waals surface area contributed by atoms with Crippen molar-refractivity contribution in [3.63, 3.8) is 0 Å². The summed E-state index contributed by atoms with van der Waals surface area (Å²) >= 11 is 0. The van der Waals surface area contributed by atoms with Crippen LogP contribution in [0.25, 0.3) is 0 Å². The molecular weight excluding hydrogens is 252 g/mol. The molecule has 0 bridgehead atoms. The van der Waals surface area contributed by atoms with Gasteiger partial charge in [0, 0.05) is 31.2 Å². The number of nitrogens with one attached hydrogen (secondary N) is 2. The lowest BCUT2D eigenvalue weighted by Crippen LogP contribution is -2.41. The average molecular weight is 274 g/mol. The van der Waals surface area contributed by atoms with E-state index in [0.717, 1.165) is 38.1 Å². The van der Waals surface area contributed by atoms with E-state index >= 15 is 0 Å². The highest BCUT2D eigenvalue weighted by Crippen LogP contribution is 2.26. The van der Waals surface area contributed by atoms with Gasteiger partial charge in [-0.25, -0.2) is 0 Å². The molecule has 2 unspecified atom stereocenters. The quantitative estimate of drug-likeness (QED) is 0.882. The van der Waals surface area contributed by atoms with E-state index in [1.54, 1.807) is 0 Å². The zero-order chi connectivity index (χ0) is 13.9. The molecule has 1 amide bonds. The van der Waals surface area contributed by atoms with Crippen molar-refractivity contribution in [2.45, 2.75) is 38.3 Å². The highest BCUT2D eigenvalue weighted by Gasteiger charge is 2.30. The van der Waals surface area contributed by atoms with Crippen LogP contribution in [0.15, 0.2) is 24.3 Å². The molecule has 2 N–H and O–H groups in total. The van der Waals surface area contributed by atoms with E-state index < -0.39 is 0 Å². The van der Waals surface area contributed by atoms with Crippen LogP contribution in [0.2, 0.25) is 0 Å². The molecule has 2 aliphatic rings. The minimum absolute atomic E-state index is 0.1000. The Morgan fingerprint density at radius 3 is 3.10 bits per heavy atom. The van der Waals surface area contributed by atoms with Gasteiger partial charge in [-0.1, -0.05) is 25.1 Å². The summed E-state index contributed by atoms with van der Waals surface area (Å²) in [6, 6.07) is 7.99. The Hall–Kier alpha value is -1.55. The molecule has 0 saturated carbocycles. The summed E-state index contributed by atoms with van der Waals surface area (Å²) in [5.41, 5.74) is 2.31. The van der Waals surface area contributed by atoms with Crippen LogP contribution < -0.4 is 10.6 Å². The number of rotatable bonds is 4. The fourth-order valence-electron chi connectivity index (χ4n) is 3.19. The SMILES string of the molecule is CCC1OCCC1CNC(=O)[C@@H]1Cc2ccccc2N1. The van der Waals surface area contributed by atoms with Gasteiger partial charge in [0.15, 0.2) is 0 Å². The van der Waals surface area contributed by atoms with Crippen molar-refractivity contribution in [2.75, 3.05) is 18.5 Å². The lowest BCUT2D eigenvalue weighted by molar-refractivity contribution is -0.122. The highest BCUT2D eigenvalue weighted by molar-refractivity contribution is 5.87. The lowest BCUT2D eigenvalue weighted by atomic mass is 9.99. The first-order chi connectivity index (χ1) is 9.78. The molecule has 3 rings (SSSR count). The summed E-state index contributed by atoms with van der Waals surface area (Å²) in [5, 5.41) is 6.38. The third-order valence-corrected chi connectivity index (χ3v) is 4.37. The molecule has 0 spiro atoms. The van der Waals surface area contributed by atoms with Crippen LogP contribution in [-0.4, -0.2) is 31.2 Å². The average Bonchev–Trinajstić information content (AvgIpc) is 3.10. The molecule has 0 aliphatic carbocycles. The van der Waals surface area contributed by atoms with Crippen LogP contribution in [0.4, 0.5) is 5.69 Å². The van der Waals surface area contributed by atoms with Crippen LogP contribution in [0.5, 0.6) is 0 Å². The van der Waals surface area contributed by atoms with Gasteiger partial charge in [-0.2, -0.15) is 0 Å². The third kappa shape index (κ3) is 2.66. The number of amides is 1. The molecule has 4 heteroatoms. The Bertz CT molecular complexity index is 464. The maximum atomic E-state index is 12.3. The number of anilines is 1. The monoisotopic (exact) mass is 274 g/mol. The number of ether oxygens (including phenoxy) is 1. The first kappa shape index (κ1) is 13.4. The fraction of sp³-hybridized carbons (Fsp3) is 0.562. The predicted molar refractivity (Wildman–Crippen MR) is 78.7 cm³/mol. The van der Waals surface area contributed by atoms with Gasteiger partial charge in [0.1, 0.15) is 6.04 Å². The van der Waals surface area contributed by atoms with E-state index in [0.29, 0.717) is 12.0 Å². The van der Waals surface area contributed by atoms with E-state index in [9.17, 15) is 4.79 Å². The number of hydrogen-bond donors (Lipinski definition) is 2. The molecule has 0 aromatic heterocycles. The van der Waals surface area contributed by atoms with Gasteiger partial charge in [-0.05, 0) is 24.5 Å². The van der Waals surface area contributed by atoms with Gasteiger partial charge in [0.25, 0.3) is 0 Å². The molecular formula is C16H22N2O2. The standard InChI is InChI=1S/C16H22N2O2/c1-2-15-12(7-8-20-15)10-17-16(19)14-9-11-5-3-4-6-13(11)18-14/h3-6,12,14-15,18H,2,7-10H2,1H3,(H,17,19)/t12?,14-,15?/m0/s1. The van der Waals surface area contributed by atoms with Crippen LogP contribution >= 0.6 is 0 Å². The zero-order valence-corrected chi connectivity index (χ0v) is 11.9. The maximum absolute atomic E-state index is 12.3. The Morgan fingerprint density at radius 1 is 1.45 bits per heavy atom. The molecule has 1 aromatic carbocycles. The molecule has 3 atom stereocenters. The van der Waals surface area contributed by atoms with Crippen molar-refractivity contribution in [3.8, 4) is 0 Å². The predicted octanol–water partition coefficient (Wildman–Crippen LogP) is 1.95. The van der Waals surface area contributed by atoms with E-state index in [-0.39, 0.29) is 11.9 Å². The second-order valence-corrected chi connectivity index (χ2v) is 5.67. The Balaban J connectivity index is 1.51. The molecule has 1 fully saturated rings. The van der Waals surface area contributed by atoms with Crippen molar-refractivity contribution >= 4 is 11.6 Å². The van der Waals surface area contributed by atoms with Crippen LogP contribution in [0.3, 0.4) is 0 Å². The van der Waals surface area contributed by atoms with Crippen molar-refractivity contribution in [1.29, 1.82) is 0 Å². The van der Waals surface area contributed by atoms with E-state index in [1.807, 2.05) is 18.2 Å². The number of hydrogen-bond acceptors (Lipinski definition) is 3. The van der Waals surface area contributed by atoms with Crippen LogP contribution in [0.1, 0.15) is 25.3 Å². The first-order valence-electron chi connectivity index (χ1n) is 7.51. The Morgan fingerprint density at radius 2 is 2.30 bits per heavy atom. The number of carbonyl (C=O) groups is 1. The molecule has 0 radical (unpaired) electrons. The summed E-state index contributed by atoms with van der Waals surface area (Å²) < 4.78 is 5.66. The number of para-hydroxylation sites is 1. The van der Waals surface area contributed by atoms with Gasteiger partial charge in [0.05, 0.1) is 6.10 Å². The topological polar surface area (TPSA) is 50.4 Å². The molecule has 2 aliphatic heterocycles. The molecule has 1 saturated heterocycles. The normalized spacial score (nSPS) is 27.9. The zero-order valence-electron chi connectivity index (χ0n) is 11.9. The molecule has 20 heavy (non-hydrogen) atoms. The summed E-state index contributed by atoms with van der Waals surface area (Å²) in [4.78, 5) is 12.3. The maximum Gasteiger partial charge on any atom is 0.242 e. The minimum atomic E-state index is -0.130. The smallest absolute Gasteiger partial charge is 0.242 e. The van der Waals surface area contributed by atoms with Crippen molar-refractivity contribution in [3.05, 3.63) is 29.8 Å². The Labute approximate surface area is 119 Å². The van der Waals surface area contributed by atoms with Gasteiger partial charge in [-0.15, -0.1) is 0 Å². The second kappa shape index (κ2) is 5.83. The molecule has 108 valence electrons. The third-order valence-electron chi connectivity index (χ3n) is 4.37. The van der Waals surface area contributed by atoms with Crippen molar-refractivity contribution in [1.82, 2.24) is 5.32 Å². The van der Waals surface area contributed by atoms with Gasteiger partial charge < -0.3 is 15.4 Å². The van der Waals surface area contributed by atoms with Crippen molar-refractivity contribution in [2.24, 2.45) is 5.92 Å². The highest BCUT2D eigenvalue weighted by atomic mass is 16.5. The second-order valence-electron chi connectivity index (χ2n) is 5.67. The molecule has 2 heterocycles. The lowest BCUT2D eigenvalue weighted by Gasteiger charge is -2.19. The van der Waals surface area contributed by atoms with Crippen LogP contribution in [-0.2, 0) is 16.0 Å². The molecule has 4 nitrogen and oxygen atoms in total. The summed E-state index contributed by atoms with van der Waals surface area (Å²) in [6.07, 6.45) is 3.16. The van der Waals surface area contributed by atoms with Crippen LogP contribution in [0, 0.1) is 5.92 Å². The summed E-state index contributed by atoms with van der Waals surface area (Å²) in [6.45, 7) is 3.69. The fourth-order valence-corrected chi connectivity index (χ4v) is 3.19. The van der Waals surface area contributed by atoms with Crippen molar-refractivity contribution < 1.29 is 9.53 Å². The van der Waals surface area contributed by atoms with E-state index in [1.165, 1.54) is 5.56 Å². The number of benzene rings is 1. The molecule has 1 aromatic rings. The van der Waals surface area contributed by atoms with E-state index in [2.05, 4.69) is 23.6 Å².